The van der Waals surface area contributed by atoms with Crippen molar-refractivity contribution in [2.24, 2.45) is 0 Å². The van der Waals surface area contributed by atoms with E-state index in [-0.39, 0.29) is 22.7 Å². The molecular formula is C23H17F3N2O3. The molecule has 8 heteroatoms. The van der Waals surface area contributed by atoms with Crippen molar-refractivity contribution in [1.82, 2.24) is 0 Å². The second-order valence-corrected chi connectivity index (χ2v) is 7.18. The van der Waals surface area contributed by atoms with E-state index in [0.29, 0.717) is 17.2 Å². The van der Waals surface area contributed by atoms with E-state index in [2.05, 4.69) is 5.32 Å². The Labute approximate surface area is 176 Å². The average Bonchev–Trinajstić information content (AvgIpc) is 2.83. The number of amides is 2. The molecule has 2 amide bonds. The number of carbonyl (C=O) groups excluding carboxylic acids is 2. The third kappa shape index (κ3) is 3.96. The van der Waals surface area contributed by atoms with Crippen LogP contribution in [0.5, 0.6) is 11.5 Å². The Morgan fingerprint density at radius 2 is 1.74 bits per heavy atom. The van der Waals surface area contributed by atoms with Gasteiger partial charge in [0.25, 0.3) is 11.8 Å². The Morgan fingerprint density at radius 3 is 2.48 bits per heavy atom. The van der Waals surface area contributed by atoms with Crippen molar-refractivity contribution in [2.45, 2.75) is 13.1 Å². The van der Waals surface area contributed by atoms with Crippen LogP contribution < -0.4 is 15.0 Å². The zero-order valence-corrected chi connectivity index (χ0v) is 16.6. The van der Waals surface area contributed by atoms with Crippen LogP contribution in [-0.2, 0) is 6.18 Å². The van der Waals surface area contributed by atoms with Gasteiger partial charge in [0.1, 0.15) is 5.75 Å². The van der Waals surface area contributed by atoms with E-state index >= 15 is 0 Å². The first-order valence-corrected chi connectivity index (χ1v) is 9.33. The number of hydrogen-bond acceptors (Lipinski definition) is 3. The SMILES string of the molecule is Cc1ccc2c(c1)N(C)C(=O)c1cc(NC(=O)c3cccc(C(F)(F)F)c3)ccc1O2. The van der Waals surface area contributed by atoms with E-state index < -0.39 is 17.6 Å². The van der Waals surface area contributed by atoms with Gasteiger partial charge in [0.15, 0.2) is 5.75 Å². The molecule has 1 heterocycles. The van der Waals surface area contributed by atoms with Crippen molar-refractivity contribution in [1.29, 1.82) is 0 Å². The van der Waals surface area contributed by atoms with E-state index in [0.717, 1.165) is 17.7 Å². The summed E-state index contributed by atoms with van der Waals surface area (Å²) in [5.74, 6) is -0.229. The number of carbonyl (C=O) groups is 2. The van der Waals surface area contributed by atoms with Crippen molar-refractivity contribution >= 4 is 23.2 Å². The number of rotatable bonds is 2. The highest BCUT2D eigenvalue weighted by molar-refractivity contribution is 6.11. The molecule has 1 N–H and O–H groups in total. The molecule has 3 aromatic carbocycles. The lowest BCUT2D eigenvalue weighted by atomic mass is 10.1. The Balaban J connectivity index is 1.63. The van der Waals surface area contributed by atoms with Gasteiger partial charge in [-0.15, -0.1) is 0 Å². The number of aryl methyl sites for hydroxylation is 1. The first kappa shape index (κ1) is 20.5. The van der Waals surface area contributed by atoms with E-state index in [9.17, 15) is 22.8 Å². The highest BCUT2D eigenvalue weighted by atomic mass is 19.4. The zero-order valence-electron chi connectivity index (χ0n) is 16.6. The zero-order chi connectivity index (χ0) is 22.3. The van der Waals surface area contributed by atoms with Crippen molar-refractivity contribution < 1.29 is 27.5 Å². The Morgan fingerprint density at radius 1 is 1.00 bits per heavy atom. The lowest BCUT2D eigenvalue weighted by Gasteiger charge is -2.16. The van der Waals surface area contributed by atoms with Crippen LogP contribution in [0.4, 0.5) is 24.5 Å². The van der Waals surface area contributed by atoms with Crippen molar-refractivity contribution in [3.8, 4) is 11.5 Å². The van der Waals surface area contributed by atoms with Crippen LogP contribution in [0.1, 0.15) is 31.8 Å². The quantitative estimate of drug-likeness (QED) is 0.576. The first-order chi connectivity index (χ1) is 14.6. The molecule has 0 radical (unpaired) electrons. The molecule has 158 valence electrons. The number of anilines is 2. The van der Waals surface area contributed by atoms with Crippen LogP contribution in [0.2, 0.25) is 0 Å². The van der Waals surface area contributed by atoms with E-state index in [4.69, 9.17) is 4.74 Å². The minimum atomic E-state index is -4.55. The third-order valence-electron chi connectivity index (χ3n) is 4.92. The number of halogens is 3. The maximum absolute atomic E-state index is 13.0. The molecule has 0 spiro atoms. The second kappa shape index (κ2) is 7.46. The van der Waals surface area contributed by atoms with Gasteiger partial charge in [0.2, 0.25) is 0 Å². The molecule has 3 aromatic rings. The standard InChI is InChI=1S/C23H17F3N2O3/c1-13-6-8-20-18(10-13)28(2)22(30)17-12-16(7-9-19(17)31-20)27-21(29)14-4-3-5-15(11-14)23(24,25)26/h3-12H,1-2H3,(H,27,29). The molecule has 1 aliphatic heterocycles. The van der Waals surface area contributed by atoms with Crippen molar-refractivity contribution in [3.05, 3.63) is 82.9 Å². The predicted molar refractivity (Wildman–Crippen MR) is 110 cm³/mol. The summed E-state index contributed by atoms with van der Waals surface area (Å²) >= 11 is 0. The number of nitrogens with one attached hydrogen (secondary N) is 1. The molecule has 31 heavy (non-hydrogen) atoms. The van der Waals surface area contributed by atoms with Crippen molar-refractivity contribution in [3.63, 3.8) is 0 Å². The van der Waals surface area contributed by atoms with Gasteiger partial charge in [-0.2, -0.15) is 13.2 Å². The van der Waals surface area contributed by atoms with E-state index in [1.807, 2.05) is 19.1 Å². The minimum absolute atomic E-state index is 0.146. The third-order valence-corrected chi connectivity index (χ3v) is 4.92. The highest BCUT2D eigenvalue weighted by Gasteiger charge is 2.31. The van der Waals surface area contributed by atoms with Gasteiger partial charge in [-0.1, -0.05) is 12.1 Å². The molecule has 0 saturated carbocycles. The van der Waals surface area contributed by atoms with Crippen LogP contribution >= 0.6 is 0 Å². The lowest BCUT2D eigenvalue weighted by molar-refractivity contribution is -0.137. The molecule has 0 saturated heterocycles. The smallest absolute Gasteiger partial charge is 0.416 e. The maximum atomic E-state index is 13.0. The largest absolute Gasteiger partial charge is 0.454 e. The fourth-order valence-electron chi connectivity index (χ4n) is 3.29. The second-order valence-electron chi connectivity index (χ2n) is 7.18. The first-order valence-electron chi connectivity index (χ1n) is 9.33. The molecular weight excluding hydrogens is 409 g/mol. The molecule has 0 fully saturated rings. The van der Waals surface area contributed by atoms with Crippen LogP contribution in [0, 0.1) is 6.92 Å². The number of nitrogens with zero attached hydrogens (tertiary/aromatic N) is 1. The summed E-state index contributed by atoms with van der Waals surface area (Å²) in [6.45, 7) is 1.90. The summed E-state index contributed by atoms with van der Waals surface area (Å²) in [7, 11) is 1.62. The van der Waals surface area contributed by atoms with Gasteiger partial charge >= 0.3 is 6.18 Å². The molecule has 0 atom stereocenters. The average molecular weight is 426 g/mol. The van der Waals surface area contributed by atoms with Crippen LogP contribution in [0.3, 0.4) is 0 Å². The fourth-order valence-corrected chi connectivity index (χ4v) is 3.29. The molecule has 0 aromatic heterocycles. The molecule has 1 aliphatic rings. The molecule has 0 unspecified atom stereocenters. The Kier molecular flexibility index (Phi) is 4.93. The number of alkyl halides is 3. The summed E-state index contributed by atoms with van der Waals surface area (Å²) in [4.78, 5) is 26.9. The molecule has 0 aliphatic carbocycles. The van der Waals surface area contributed by atoms with Gasteiger partial charge in [0, 0.05) is 18.3 Å². The maximum Gasteiger partial charge on any atom is 0.416 e. The number of fused-ring (bicyclic) bond motifs is 2. The summed E-state index contributed by atoms with van der Waals surface area (Å²) < 4.78 is 44.6. The van der Waals surface area contributed by atoms with Gasteiger partial charge in [-0.3, -0.25) is 9.59 Å². The van der Waals surface area contributed by atoms with Crippen LogP contribution in [-0.4, -0.2) is 18.9 Å². The summed E-state index contributed by atoms with van der Waals surface area (Å²) in [6, 6.07) is 14.1. The molecule has 4 rings (SSSR count). The minimum Gasteiger partial charge on any atom is -0.454 e. The van der Waals surface area contributed by atoms with E-state index in [1.54, 1.807) is 13.1 Å². The topological polar surface area (TPSA) is 58.6 Å². The highest BCUT2D eigenvalue weighted by Crippen LogP contribution is 2.39. The summed E-state index contributed by atoms with van der Waals surface area (Å²) in [5.41, 5.74) is 0.984. The molecule has 5 nitrogen and oxygen atoms in total. The fraction of sp³-hybridized carbons (Fsp3) is 0.130. The van der Waals surface area contributed by atoms with Gasteiger partial charge < -0.3 is 15.0 Å². The summed E-state index contributed by atoms with van der Waals surface area (Å²) in [5, 5.41) is 2.54. The predicted octanol–water partition coefficient (Wildman–Crippen LogP) is 5.65. The van der Waals surface area contributed by atoms with Gasteiger partial charge in [-0.25, -0.2) is 0 Å². The van der Waals surface area contributed by atoms with Gasteiger partial charge in [-0.05, 0) is 61.0 Å². The number of hydrogen-bond donors (Lipinski definition) is 1. The van der Waals surface area contributed by atoms with Crippen LogP contribution in [0.15, 0.2) is 60.7 Å². The normalized spacial score (nSPS) is 13.1. The Bertz CT molecular complexity index is 1200. The molecule has 0 bridgehead atoms. The summed E-state index contributed by atoms with van der Waals surface area (Å²) in [6.07, 6.45) is -4.55. The van der Waals surface area contributed by atoms with Gasteiger partial charge in [0.05, 0.1) is 16.8 Å². The lowest BCUT2D eigenvalue weighted by Crippen LogP contribution is -2.25. The van der Waals surface area contributed by atoms with Crippen molar-refractivity contribution in [2.75, 3.05) is 17.3 Å². The Hall–Kier alpha value is -3.81. The monoisotopic (exact) mass is 426 g/mol. The van der Waals surface area contributed by atoms with E-state index in [1.165, 1.54) is 35.2 Å². The van der Waals surface area contributed by atoms with Crippen LogP contribution in [0.25, 0.3) is 0 Å². The number of benzene rings is 3. The number of ether oxygens (including phenoxy) is 1.